The Labute approximate surface area is 105 Å². The van der Waals surface area contributed by atoms with Crippen LogP contribution in [0.3, 0.4) is 0 Å². The summed E-state index contributed by atoms with van der Waals surface area (Å²) in [4.78, 5) is 0. The SMILES string of the molecule is CCOC(CNC1CC(OC)C1(C)C)OCC. The molecule has 0 aromatic heterocycles. The van der Waals surface area contributed by atoms with E-state index in [1.54, 1.807) is 7.11 Å². The lowest BCUT2D eigenvalue weighted by Crippen LogP contribution is -2.61. The average molecular weight is 245 g/mol. The summed E-state index contributed by atoms with van der Waals surface area (Å²) in [6.45, 7) is 10.5. The summed E-state index contributed by atoms with van der Waals surface area (Å²) in [6, 6.07) is 0.482. The van der Waals surface area contributed by atoms with Crippen molar-refractivity contribution in [3.8, 4) is 0 Å². The lowest BCUT2D eigenvalue weighted by molar-refractivity contribution is -0.145. The molecule has 0 radical (unpaired) electrons. The molecule has 1 N–H and O–H groups in total. The van der Waals surface area contributed by atoms with Crippen molar-refractivity contribution in [2.75, 3.05) is 26.9 Å². The van der Waals surface area contributed by atoms with Crippen LogP contribution in [0.2, 0.25) is 0 Å². The molecule has 0 aromatic rings. The molecule has 1 aliphatic rings. The second kappa shape index (κ2) is 6.69. The standard InChI is InChI=1S/C13H27NO3/c1-6-16-12(17-7-2)9-14-10-8-11(15-5)13(10,3)4/h10-12,14H,6-9H2,1-5H3. The second-order valence-corrected chi connectivity index (χ2v) is 5.08. The van der Waals surface area contributed by atoms with Gasteiger partial charge in [-0.15, -0.1) is 0 Å². The van der Waals surface area contributed by atoms with Crippen molar-refractivity contribution >= 4 is 0 Å². The van der Waals surface area contributed by atoms with Gasteiger partial charge in [0.25, 0.3) is 0 Å². The molecule has 0 bridgehead atoms. The zero-order valence-corrected chi connectivity index (χ0v) is 11.8. The Balaban J connectivity index is 2.30. The van der Waals surface area contributed by atoms with Gasteiger partial charge in [-0.1, -0.05) is 13.8 Å². The largest absolute Gasteiger partial charge is 0.381 e. The third-order valence-corrected chi connectivity index (χ3v) is 3.70. The first-order valence-electron chi connectivity index (χ1n) is 6.55. The summed E-state index contributed by atoms with van der Waals surface area (Å²) < 4.78 is 16.4. The van der Waals surface area contributed by atoms with Crippen LogP contribution in [0.15, 0.2) is 0 Å². The smallest absolute Gasteiger partial charge is 0.169 e. The molecule has 4 nitrogen and oxygen atoms in total. The number of hydrogen-bond donors (Lipinski definition) is 1. The molecular formula is C13H27NO3. The van der Waals surface area contributed by atoms with Crippen LogP contribution in [0.5, 0.6) is 0 Å². The molecule has 4 heteroatoms. The van der Waals surface area contributed by atoms with E-state index in [0.717, 1.165) is 13.0 Å². The second-order valence-electron chi connectivity index (χ2n) is 5.08. The molecule has 0 spiro atoms. The maximum absolute atomic E-state index is 5.51. The topological polar surface area (TPSA) is 39.7 Å². The van der Waals surface area contributed by atoms with Crippen LogP contribution >= 0.6 is 0 Å². The van der Waals surface area contributed by atoms with Gasteiger partial charge in [0.05, 0.1) is 6.10 Å². The Morgan fingerprint density at radius 2 is 1.82 bits per heavy atom. The predicted octanol–water partition coefficient (Wildman–Crippen LogP) is 1.79. The van der Waals surface area contributed by atoms with E-state index in [-0.39, 0.29) is 11.7 Å². The van der Waals surface area contributed by atoms with Crippen molar-refractivity contribution in [3.63, 3.8) is 0 Å². The van der Waals surface area contributed by atoms with Crippen LogP contribution in [0.4, 0.5) is 0 Å². The summed E-state index contributed by atoms with van der Waals surface area (Å²) in [5, 5.41) is 3.51. The Bertz CT molecular complexity index is 215. The van der Waals surface area contributed by atoms with Gasteiger partial charge in [0.15, 0.2) is 6.29 Å². The molecule has 1 fully saturated rings. The number of nitrogens with one attached hydrogen (secondary N) is 1. The minimum atomic E-state index is -0.137. The quantitative estimate of drug-likeness (QED) is 0.662. The van der Waals surface area contributed by atoms with Gasteiger partial charge >= 0.3 is 0 Å². The molecular weight excluding hydrogens is 218 g/mol. The number of hydrogen-bond acceptors (Lipinski definition) is 4. The molecule has 2 unspecified atom stereocenters. The van der Waals surface area contributed by atoms with E-state index in [9.17, 15) is 0 Å². The fourth-order valence-electron chi connectivity index (χ4n) is 2.41. The van der Waals surface area contributed by atoms with Crippen LogP contribution in [0.25, 0.3) is 0 Å². The van der Waals surface area contributed by atoms with Gasteiger partial charge in [0, 0.05) is 38.3 Å². The van der Waals surface area contributed by atoms with Crippen LogP contribution in [-0.4, -0.2) is 45.3 Å². The summed E-state index contributed by atoms with van der Waals surface area (Å²) >= 11 is 0. The third kappa shape index (κ3) is 3.65. The van der Waals surface area contributed by atoms with Crippen molar-refractivity contribution in [3.05, 3.63) is 0 Å². The Morgan fingerprint density at radius 1 is 1.24 bits per heavy atom. The van der Waals surface area contributed by atoms with Gasteiger partial charge in [0.1, 0.15) is 0 Å². The van der Waals surface area contributed by atoms with Crippen molar-refractivity contribution < 1.29 is 14.2 Å². The van der Waals surface area contributed by atoms with Crippen molar-refractivity contribution in [2.24, 2.45) is 5.41 Å². The normalized spacial score (nSPS) is 27.2. The van der Waals surface area contributed by atoms with Crippen LogP contribution < -0.4 is 5.32 Å². The fraction of sp³-hybridized carbons (Fsp3) is 1.00. The summed E-state index contributed by atoms with van der Waals surface area (Å²) in [7, 11) is 1.78. The zero-order valence-electron chi connectivity index (χ0n) is 11.8. The molecule has 1 rings (SSSR count). The summed E-state index contributed by atoms with van der Waals surface area (Å²) in [5.74, 6) is 0. The minimum Gasteiger partial charge on any atom is -0.381 e. The number of rotatable bonds is 8. The number of methoxy groups -OCH3 is 1. The van der Waals surface area contributed by atoms with E-state index in [2.05, 4.69) is 19.2 Å². The van der Waals surface area contributed by atoms with E-state index in [1.807, 2.05) is 13.8 Å². The van der Waals surface area contributed by atoms with Gasteiger partial charge in [0.2, 0.25) is 0 Å². The lowest BCUT2D eigenvalue weighted by Gasteiger charge is -2.51. The summed E-state index contributed by atoms with van der Waals surface area (Å²) in [6.07, 6.45) is 1.29. The van der Waals surface area contributed by atoms with E-state index in [1.165, 1.54) is 0 Å². The number of ether oxygens (including phenoxy) is 3. The first-order chi connectivity index (χ1) is 8.06. The molecule has 17 heavy (non-hydrogen) atoms. The highest BCUT2D eigenvalue weighted by molar-refractivity contribution is 5.02. The van der Waals surface area contributed by atoms with Crippen LogP contribution in [-0.2, 0) is 14.2 Å². The Hall–Kier alpha value is -0.160. The van der Waals surface area contributed by atoms with Crippen LogP contribution in [0, 0.1) is 5.41 Å². The maximum Gasteiger partial charge on any atom is 0.169 e. The van der Waals surface area contributed by atoms with Crippen LogP contribution in [0.1, 0.15) is 34.1 Å². The van der Waals surface area contributed by atoms with Gasteiger partial charge in [-0.2, -0.15) is 0 Å². The van der Waals surface area contributed by atoms with Gasteiger partial charge in [-0.25, -0.2) is 0 Å². The van der Waals surface area contributed by atoms with Gasteiger partial charge < -0.3 is 19.5 Å². The van der Waals surface area contributed by atoms with E-state index < -0.39 is 0 Å². The maximum atomic E-state index is 5.51. The van der Waals surface area contributed by atoms with Crippen molar-refractivity contribution in [1.29, 1.82) is 0 Å². The Morgan fingerprint density at radius 3 is 2.24 bits per heavy atom. The fourth-order valence-corrected chi connectivity index (χ4v) is 2.41. The molecule has 102 valence electrons. The predicted molar refractivity (Wildman–Crippen MR) is 68.0 cm³/mol. The molecule has 0 aromatic carbocycles. The molecule has 1 saturated carbocycles. The highest BCUT2D eigenvalue weighted by Gasteiger charge is 2.48. The average Bonchev–Trinajstić information content (AvgIpc) is 2.28. The molecule has 0 saturated heterocycles. The summed E-state index contributed by atoms with van der Waals surface area (Å²) in [5.41, 5.74) is 0.192. The van der Waals surface area contributed by atoms with Gasteiger partial charge in [-0.3, -0.25) is 0 Å². The zero-order chi connectivity index (χ0) is 12.9. The first kappa shape index (κ1) is 14.9. The highest BCUT2D eigenvalue weighted by Crippen LogP contribution is 2.42. The highest BCUT2D eigenvalue weighted by atomic mass is 16.7. The van der Waals surface area contributed by atoms with E-state index in [0.29, 0.717) is 25.4 Å². The first-order valence-corrected chi connectivity index (χ1v) is 6.55. The van der Waals surface area contributed by atoms with Gasteiger partial charge in [-0.05, 0) is 20.3 Å². The van der Waals surface area contributed by atoms with Crippen molar-refractivity contribution in [2.45, 2.75) is 52.6 Å². The minimum absolute atomic E-state index is 0.137. The van der Waals surface area contributed by atoms with E-state index >= 15 is 0 Å². The molecule has 2 atom stereocenters. The Kier molecular flexibility index (Phi) is 5.86. The monoisotopic (exact) mass is 245 g/mol. The third-order valence-electron chi connectivity index (χ3n) is 3.70. The molecule has 0 amide bonds. The van der Waals surface area contributed by atoms with E-state index in [4.69, 9.17) is 14.2 Å². The molecule has 1 aliphatic carbocycles. The molecule has 0 aliphatic heterocycles. The molecule has 0 heterocycles. The van der Waals surface area contributed by atoms with Crippen molar-refractivity contribution in [1.82, 2.24) is 5.32 Å². The lowest BCUT2D eigenvalue weighted by atomic mass is 9.64.